The molecule has 0 radical (unpaired) electrons. The van der Waals surface area contributed by atoms with Gasteiger partial charge < -0.3 is 19.1 Å². The molecular formula is C26H30N2O6S. The molecule has 3 aromatic carbocycles. The van der Waals surface area contributed by atoms with Crippen LogP contribution in [0.4, 0.5) is 5.69 Å². The van der Waals surface area contributed by atoms with E-state index in [-0.39, 0.29) is 10.8 Å². The van der Waals surface area contributed by atoms with E-state index in [2.05, 4.69) is 4.72 Å². The van der Waals surface area contributed by atoms with Crippen molar-refractivity contribution < 1.29 is 27.4 Å². The van der Waals surface area contributed by atoms with Crippen molar-refractivity contribution in [2.45, 2.75) is 25.3 Å². The van der Waals surface area contributed by atoms with E-state index in [0.717, 1.165) is 5.56 Å². The number of carbonyl (C=O) groups excluding carboxylic acids is 1. The lowest BCUT2D eigenvalue weighted by Gasteiger charge is -2.22. The molecule has 0 bridgehead atoms. The molecule has 0 saturated heterocycles. The second-order valence-corrected chi connectivity index (χ2v) is 9.28. The highest BCUT2D eigenvalue weighted by Gasteiger charge is 2.18. The zero-order chi connectivity index (χ0) is 25.4. The third kappa shape index (κ3) is 6.45. The van der Waals surface area contributed by atoms with Gasteiger partial charge in [0.1, 0.15) is 5.75 Å². The van der Waals surface area contributed by atoms with Crippen molar-refractivity contribution in [3.8, 4) is 17.2 Å². The van der Waals surface area contributed by atoms with Gasteiger partial charge in [0.2, 0.25) is 0 Å². The van der Waals surface area contributed by atoms with Crippen molar-refractivity contribution in [3.63, 3.8) is 0 Å². The first kappa shape index (κ1) is 25.9. The van der Waals surface area contributed by atoms with Crippen molar-refractivity contribution in [2.24, 2.45) is 0 Å². The summed E-state index contributed by atoms with van der Waals surface area (Å²) in [5.41, 5.74) is 1.55. The first-order chi connectivity index (χ1) is 16.8. The van der Waals surface area contributed by atoms with Gasteiger partial charge in [-0.25, -0.2) is 8.42 Å². The largest absolute Gasteiger partial charge is 0.494 e. The van der Waals surface area contributed by atoms with Crippen molar-refractivity contribution in [3.05, 3.63) is 77.9 Å². The van der Waals surface area contributed by atoms with Gasteiger partial charge in [0.05, 0.1) is 25.7 Å². The molecule has 0 atom stereocenters. The van der Waals surface area contributed by atoms with E-state index in [9.17, 15) is 13.2 Å². The molecule has 186 valence electrons. The van der Waals surface area contributed by atoms with Crippen LogP contribution in [0.1, 0.15) is 29.8 Å². The van der Waals surface area contributed by atoms with E-state index < -0.39 is 10.0 Å². The first-order valence-electron chi connectivity index (χ1n) is 11.2. The summed E-state index contributed by atoms with van der Waals surface area (Å²) in [6.45, 7) is 5.06. The summed E-state index contributed by atoms with van der Waals surface area (Å²) in [6, 6.07) is 18.1. The van der Waals surface area contributed by atoms with Gasteiger partial charge >= 0.3 is 0 Å². The van der Waals surface area contributed by atoms with Gasteiger partial charge in [-0.15, -0.1) is 0 Å². The summed E-state index contributed by atoms with van der Waals surface area (Å²) in [5.74, 6) is 1.56. The standard InChI is InChI=1S/C26H30N2O6S/c1-5-28(18-19-10-15-24(32-3)25(16-19)33-4)26(29)20-8-7-9-21(17-20)27-35(30,31)23-13-11-22(12-14-23)34-6-2/h7-17,27H,5-6,18H2,1-4H3. The third-order valence-corrected chi connectivity index (χ3v) is 6.69. The molecule has 1 N–H and O–H groups in total. The van der Waals surface area contributed by atoms with Crippen LogP contribution >= 0.6 is 0 Å². The first-order valence-corrected chi connectivity index (χ1v) is 12.7. The number of hydrogen-bond acceptors (Lipinski definition) is 6. The highest BCUT2D eigenvalue weighted by molar-refractivity contribution is 7.92. The maximum Gasteiger partial charge on any atom is 0.261 e. The summed E-state index contributed by atoms with van der Waals surface area (Å²) >= 11 is 0. The number of methoxy groups -OCH3 is 2. The lowest BCUT2D eigenvalue weighted by atomic mass is 10.1. The number of hydrogen-bond donors (Lipinski definition) is 1. The van der Waals surface area contributed by atoms with Crippen molar-refractivity contribution in [1.29, 1.82) is 0 Å². The summed E-state index contributed by atoms with van der Waals surface area (Å²) in [5, 5.41) is 0. The zero-order valence-corrected chi connectivity index (χ0v) is 21.1. The van der Waals surface area contributed by atoms with Gasteiger partial charge in [0.25, 0.3) is 15.9 Å². The molecule has 0 aliphatic rings. The lowest BCUT2D eigenvalue weighted by molar-refractivity contribution is 0.0752. The van der Waals surface area contributed by atoms with Gasteiger partial charge in [-0.2, -0.15) is 0 Å². The average molecular weight is 499 g/mol. The lowest BCUT2D eigenvalue weighted by Crippen LogP contribution is -2.30. The quantitative estimate of drug-likeness (QED) is 0.416. The number of sulfonamides is 1. The summed E-state index contributed by atoms with van der Waals surface area (Å²) in [4.78, 5) is 15.0. The normalized spacial score (nSPS) is 11.0. The van der Waals surface area contributed by atoms with Gasteiger partial charge in [0, 0.05) is 24.3 Å². The van der Waals surface area contributed by atoms with Crippen LogP contribution in [0, 0.1) is 0 Å². The number of nitrogens with zero attached hydrogens (tertiary/aromatic N) is 1. The molecule has 0 unspecified atom stereocenters. The molecule has 0 heterocycles. The number of rotatable bonds is 11. The molecule has 0 aliphatic carbocycles. The van der Waals surface area contributed by atoms with Crippen LogP contribution in [0.5, 0.6) is 17.2 Å². The Morgan fingerprint density at radius 3 is 2.26 bits per heavy atom. The van der Waals surface area contributed by atoms with Crippen molar-refractivity contribution >= 4 is 21.6 Å². The summed E-state index contributed by atoms with van der Waals surface area (Å²) in [7, 11) is -0.707. The summed E-state index contributed by atoms with van der Waals surface area (Å²) < 4.78 is 44.2. The highest BCUT2D eigenvalue weighted by Crippen LogP contribution is 2.28. The smallest absolute Gasteiger partial charge is 0.261 e. The van der Waals surface area contributed by atoms with Gasteiger partial charge in [0.15, 0.2) is 11.5 Å². The van der Waals surface area contributed by atoms with E-state index in [1.807, 2.05) is 26.0 Å². The summed E-state index contributed by atoms with van der Waals surface area (Å²) in [6.07, 6.45) is 0. The minimum absolute atomic E-state index is 0.0984. The van der Waals surface area contributed by atoms with Crippen molar-refractivity contribution in [2.75, 3.05) is 32.1 Å². The fourth-order valence-corrected chi connectivity index (χ4v) is 4.57. The number of carbonyl (C=O) groups is 1. The van der Waals surface area contributed by atoms with Crippen LogP contribution in [0.25, 0.3) is 0 Å². The minimum atomic E-state index is -3.83. The number of ether oxygens (including phenoxy) is 3. The zero-order valence-electron chi connectivity index (χ0n) is 20.3. The SMILES string of the molecule is CCOc1ccc(S(=O)(=O)Nc2cccc(C(=O)N(CC)Cc3ccc(OC)c(OC)c3)c2)cc1. The van der Waals surface area contributed by atoms with Crippen molar-refractivity contribution in [1.82, 2.24) is 4.90 Å². The van der Waals surface area contributed by atoms with E-state index in [4.69, 9.17) is 14.2 Å². The Bertz CT molecular complexity index is 1260. The van der Waals surface area contributed by atoms with E-state index in [1.54, 1.807) is 55.5 Å². The topological polar surface area (TPSA) is 94.2 Å². The molecule has 0 fully saturated rings. The Labute approximate surface area is 206 Å². The minimum Gasteiger partial charge on any atom is -0.494 e. The van der Waals surface area contributed by atoms with Gasteiger partial charge in [-0.05, 0) is 74.0 Å². The fourth-order valence-electron chi connectivity index (χ4n) is 3.52. The molecule has 1 amide bonds. The Morgan fingerprint density at radius 1 is 0.914 bits per heavy atom. The number of benzene rings is 3. The molecule has 0 aromatic heterocycles. The molecular weight excluding hydrogens is 468 g/mol. The van der Waals surface area contributed by atoms with Gasteiger partial charge in [-0.3, -0.25) is 9.52 Å². The second-order valence-electron chi connectivity index (χ2n) is 7.60. The molecule has 9 heteroatoms. The molecule has 0 saturated carbocycles. The van der Waals surface area contributed by atoms with Crippen LogP contribution in [0.15, 0.2) is 71.6 Å². The number of anilines is 1. The maximum atomic E-state index is 13.2. The highest BCUT2D eigenvalue weighted by atomic mass is 32.2. The van der Waals surface area contributed by atoms with Crippen LogP contribution in [0.2, 0.25) is 0 Å². The predicted octanol–water partition coefficient (Wildman–Crippen LogP) is 4.57. The number of amides is 1. The monoisotopic (exact) mass is 498 g/mol. The average Bonchev–Trinajstić information content (AvgIpc) is 2.87. The molecule has 8 nitrogen and oxygen atoms in total. The molecule has 0 spiro atoms. The Morgan fingerprint density at radius 2 is 1.63 bits per heavy atom. The Balaban J connectivity index is 1.77. The van der Waals surface area contributed by atoms with E-state index >= 15 is 0 Å². The third-order valence-electron chi connectivity index (χ3n) is 5.30. The maximum absolute atomic E-state index is 13.2. The van der Waals surface area contributed by atoms with E-state index in [1.165, 1.54) is 18.2 Å². The molecule has 0 aliphatic heterocycles. The molecule has 35 heavy (non-hydrogen) atoms. The molecule has 3 rings (SSSR count). The Kier molecular flexibility index (Phi) is 8.59. The van der Waals surface area contributed by atoms with Gasteiger partial charge in [-0.1, -0.05) is 12.1 Å². The second kappa shape index (κ2) is 11.6. The Hall–Kier alpha value is -3.72. The predicted molar refractivity (Wildman–Crippen MR) is 135 cm³/mol. The van der Waals surface area contributed by atoms with Crippen LogP contribution in [-0.2, 0) is 16.6 Å². The molecule has 3 aromatic rings. The van der Waals surface area contributed by atoms with Crippen LogP contribution in [0.3, 0.4) is 0 Å². The van der Waals surface area contributed by atoms with E-state index in [0.29, 0.717) is 48.2 Å². The number of nitrogens with one attached hydrogen (secondary N) is 1. The van der Waals surface area contributed by atoms with Crippen LogP contribution in [-0.4, -0.2) is 46.6 Å². The fraction of sp³-hybridized carbons (Fsp3) is 0.269. The van der Waals surface area contributed by atoms with Crippen LogP contribution < -0.4 is 18.9 Å².